The number of ether oxygens (including phenoxy) is 2. The summed E-state index contributed by atoms with van der Waals surface area (Å²) in [4.78, 5) is 26.3. The fraction of sp³-hybridized carbons (Fsp3) is 0.529. The predicted molar refractivity (Wildman–Crippen MR) is 84.3 cm³/mol. The van der Waals surface area contributed by atoms with Gasteiger partial charge in [-0.25, -0.2) is 4.79 Å². The fourth-order valence-corrected chi connectivity index (χ4v) is 3.33. The van der Waals surface area contributed by atoms with E-state index in [1.165, 1.54) is 4.90 Å². The molecule has 6 nitrogen and oxygen atoms in total. The van der Waals surface area contributed by atoms with E-state index in [0.717, 1.165) is 11.3 Å². The maximum Gasteiger partial charge on any atom is 0.325 e. The highest BCUT2D eigenvalue weighted by molar-refractivity contribution is 6.04. The molecule has 1 aromatic rings. The molecule has 124 valence electrons. The molecule has 3 amide bonds. The van der Waals surface area contributed by atoms with Gasteiger partial charge in [-0.3, -0.25) is 9.69 Å². The first kappa shape index (κ1) is 15.8. The summed E-state index contributed by atoms with van der Waals surface area (Å²) in [6, 6.07) is 6.45. The fourth-order valence-electron chi connectivity index (χ4n) is 3.33. The monoisotopic (exact) mass is 318 g/mol. The van der Waals surface area contributed by atoms with E-state index in [-0.39, 0.29) is 18.0 Å². The summed E-state index contributed by atoms with van der Waals surface area (Å²) in [5, 5.41) is 2.80. The third-order valence-electron chi connectivity index (χ3n) is 4.61. The standard InChI is InChI=1S/C17H22N2O4/c1-17(2)14(7-8-23-17)19-15(20)13(18-16(19)21)10-11-5-4-6-12(9-11)22-3/h4-6,9,13-14H,7-8,10H2,1-3H3,(H,18,21). The minimum atomic E-state index is -0.536. The number of benzene rings is 1. The minimum absolute atomic E-state index is 0.179. The Hall–Kier alpha value is -2.08. The van der Waals surface area contributed by atoms with Crippen molar-refractivity contribution in [2.75, 3.05) is 13.7 Å². The lowest BCUT2D eigenvalue weighted by Crippen LogP contribution is -2.50. The van der Waals surface area contributed by atoms with Crippen molar-refractivity contribution in [3.05, 3.63) is 29.8 Å². The molecule has 2 heterocycles. The largest absolute Gasteiger partial charge is 0.497 e. The molecule has 0 aliphatic carbocycles. The first-order valence-electron chi connectivity index (χ1n) is 7.83. The summed E-state index contributed by atoms with van der Waals surface area (Å²) in [5.74, 6) is 0.558. The molecule has 0 bridgehead atoms. The quantitative estimate of drug-likeness (QED) is 0.859. The number of nitrogens with one attached hydrogen (secondary N) is 1. The Morgan fingerprint density at radius 2 is 2.17 bits per heavy atom. The van der Waals surface area contributed by atoms with Crippen molar-refractivity contribution in [2.24, 2.45) is 0 Å². The summed E-state index contributed by atoms with van der Waals surface area (Å²) in [6.07, 6.45) is 1.13. The van der Waals surface area contributed by atoms with Crippen LogP contribution in [-0.4, -0.2) is 48.2 Å². The van der Waals surface area contributed by atoms with Crippen LogP contribution in [0, 0.1) is 0 Å². The molecule has 2 saturated heterocycles. The van der Waals surface area contributed by atoms with E-state index in [2.05, 4.69) is 5.32 Å². The van der Waals surface area contributed by atoms with E-state index in [1.54, 1.807) is 7.11 Å². The van der Waals surface area contributed by atoms with Gasteiger partial charge in [-0.05, 0) is 38.0 Å². The Morgan fingerprint density at radius 3 is 2.83 bits per heavy atom. The second-order valence-corrected chi connectivity index (χ2v) is 6.52. The molecule has 3 rings (SSSR count). The molecule has 2 atom stereocenters. The van der Waals surface area contributed by atoms with Crippen LogP contribution in [-0.2, 0) is 16.0 Å². The Bertz CT molecular complexity index is 629. The average molecular weight is 318 g/mol. The SMILES string of the molecule is COc1cccc(CC2NC(=O)N(C3CCOC3(C)C)C2=O)c1. The van der Waals surface area contributed by atoms with E-state index >= 15 is 0 Å². The van der Waals surface area contributed by atoms with Crippen LogP contribution in [0.5, 0.6) is 5.75 Å². The summed E-state index contributed by atoms with van der Waals surface area (Å²) < 4.78 is 10.9. The normalized spacial score (nSPS) is 26.5. The number of methoxy groups -OCH3 is 1. The topological polar surface area (TPSA) is 67.9 Å². The molecule has 6 heteroatoms. The summed E-state index contributed by atoms with van der Waals surface area (Å²) >= 11 is 0. The highest BCUT2D eigenvalue weighted by atomic mass is 16.5. The number of rotatable bonds is 4. The Balaban J connectivity index is 1.76. The zero-order valence-electron chi connectivity index (χ0n) is 13.7. The number of urea groups is 1. The first-order valence-corrected chi connectivity index (χ1v) is 7.83. The lowest BCUT2D eigenvalue weighted by molar-refractivity contribution is -0.131. The van der Waals surface area contributed by atoms with E-state index < -0.39 is 11.6 Å². The molecule has 0 saturated carbocycles. The van der Waals surface area contributed by atoms with Gasteiger partial charge in [0.2, 0.25) is 0 Å². The van der Waals surface area contributed by atoms with Gasteiger partial charge in [0.05, 0.1) is 18.8 Å². The molecule has 2 aliphatic heterocycles. The van der Waals surface area contributed by atoms with Crippen molar-refractivity contribution >= 4 is 11.9 Å². The number of imide groups is 1. The van der Waals surface area contributed by atoms with Gasteiger partial charge in [-0.15, -0.1) is 0 Å². The van der Waals surface area contributed by atoms with Gasteiger partial charge in [0, 0.05) is 13.0 Å². The van der Waals surface area contributed by atoms with Crippen molar-refractivity contribution in [3.63, 3.8) is 0 Å². The minimum Gasteiger partial charge on any atom is -0.497 e. The molecule has 1 N–H and O–H groups in total. The smallest absolute Gasteiger partial charge is 0.325 e. The van der Waals surface area contributed by atoms with Gasteiger partial charge in [0.1, 0.15) is 11.8 Å². The highest BCUT2D eigenvalue weighted by Crippen LogP contribution is 2.32. The van der Waals surface area contributed by atoms with E-state index in [4.69, 9.17) is 9.47 Å². The van der Waals surface area contributed by atoms with Gasteiger partial charge < -0.3 is 14.8 Å². The van der Waals surface area contributed by atoms with Gasteiger partial charge in [0.15, 0.2) is 0 Å². The number of amides is 3. The van der Waals surface area contributed by atoms with Crippen molar-refractivity contribution in [1.29, 1.82) is 0 Å². The molecule has 1 aromatic carbocycles. The van der Waals surface area contributed by atoms with Crippen molar-refractivity contribution in [1.82, 2.24) is 10.2 Å². The van der Waals surface area contributed by atoms with Crippen LogP contribution < -0.4 is 10.1 Å². The Labute approximate surface area is 135 Å². The van der Waals surface area contributed by atoms with Gasteiger partial charge >= 0.3 is 6.03 Å². The predicted octanol–water partition coefficient (Wildman–Crippen LogP) is 1.73. The number of nitrogens with zero attached hydrogens (tertiary/aromatic N) is 1. The average Bonchev–Trinajstić information content (AvgIpc) is 2.98. The summed E-state index contributed by atoms with van der Waals surface area (Å²) in [5.41, 5.74) is 0.449. The molecule has 2 aliphatic rings. The third kappa shape index (κ3) is 2.91. The number of hydrogen-bond acceptors (Lipinski definition) is 4. The van der Waals surface area contributed by atoms with Crippen LogP contribution in [0.1, 0.15) is 25.8 Å². The number of hydrogen-bond donors (Lipinski definition) is 1. The van der Waals surface area contributed by atoms with Crippen LogP contribution in [0.4, 0.5) is 4.79 Å². The van der Waals surface area contributed by atoms with Gasteiger partial charge in [-0.1, -0.05) is 12.1 Å². The van der Waals surface area contributed by atoms with Crippen molar-refractivity contribution < 1.29 is 19.1 Å². The Morgan fingerprint density at radius 1 is 1.39 bits per heavy atom. The zero-order chi connectivity index (χ0) is 16.6. The summed E-state index contributed by atoms with van der Waals surface area (Å²) in [6.45, 7) is 4.40. The maximum absolute atomic E-state index is 12.7. The Kier molecular flexibility index (Phi) is 4.02. The van der Waals surface area contributed by atoms with Crippen LogP contribution in [0.3, 0.4) is 0 Å². The van der Waals surface area contributed by atoms with Gasteiger partial charge in [-0.2, -0.15) is 0 Å². The van der Waals surface area contributed by atoms with Crippen LogP contribution >= 0.6 is 0 Å². The van der Waals surface area contributed by atoms with Crippen molar-refractivity contribution in [2.45, 2.75) is 44.4 Å². The van der Waals surface area contributed by atoms with Gasteiger partial charge in [0.25, 0.3) is 5.91 Å². The summed E-state index contributed by atoms with van der Waals surface area (Å²) in [7, 11) is 1.60. The second kappa shape index (κ2) is 5.85. The molecular weight excluding hydrogens is 296 g/mol. The van der Waals surface area contributed by atoms with Crippen molar-refractivity contribution in [3.8, 4) is 5.75 Å². The lowest BCUT2D eigenvalue weighted by Gasteiger charge is -2.31. The van der Waals surface area contributed by atoms with E-state index in [0.29, 0.717) is 19.4 Å². The molecule has 0 radical (unpaired) electrons. The molecule has 0 aromatic heterocycles. The molecular formula is C17H22N2O4. The second-order valence-electron chi connectivity index (χ2n) is 6.52. The number of carbonyl (C=O) groups is 2. The molecule has 2 fully saturated rings. The third-order valence-corrected chi connectivity index (χ3v) is 4.61. The lowest BCUT2D eigenvalue weighted by atomic mass is 9.97. The molecule has 23 heavy (non-hydrogen) atoms. The van der Waals surface area contributed by atoms with Crippen LogP contribution in [0.15, 0.2) is 24.3 Å². The van der Waals surface area contributed by atoms with E-state index in [1.807, 2.05) is 38.1 Å². The first-order chi connectivity index (χ1) is 10.9. The molecule has 2 unspecified atom stereocenters. The van der Waals surface area contributed by atoms with E-state index in [9.17, 15) is 9.59 Å². The zero-order valence-corrected chi connectivity index (χ0v) is 13.7. The molecule has 0 spiro atoms. The van der Waals surface area contributed by atoms with Crippen LogP contribution in [0.2, 0.25) is 0 Å². The number of carbonyl (C=O) groups excluding carboxylic acids is 2. The maximum atomic E-state index is 12.7. The highest BCUT2D eigenvalue weighted by Gasteiger charge is 2.49. The van der Waals surface area contributed by atoms with Crippen LogP contribution in [0.25, 0.3) is 0 Å².